The van der Waals surface area contributed by atoms with Crippen LogP contribution in [0.3, 0.4) is 0 Å². The summed E-state index contributed by atoms with van der Waals surface area (Å²) in [6.45, 7) is 4.51. The molecule has 2 heterocycles. The predicted octanol–water partition coefficient (Wildman–Crippen LogP) is 4.32. The minimum Gasteiger partial charge on any atom is -0.364 e. The van der Waals surface area contributed by atoms with E-state index in [0.29, 0.717) is 52.5 Å². The van der Waals surface area contributed by atoms with Crippen LogP contribution in [0.2, 0.25) is 0 Å². The number of hydrogen-bond donors (Lipinski definition) is 1. The van der Waals surface area contributed by atoms with E-state index >= 15 is 0 Å². The molecule has 0 atom stereocenters. The molecule has 154 valence electrons. The summed E-state index contributed by atoms with van der Waals surface area (Å²) in [7, 11) is 0. The zero-order valence-electron chi connectivity index (χ0n) is 16.7. The molecule has 7 heteroatoms. The number of benzene rings is 2. The highest BCUT2D eigenvalue weighted by atomic mass is 19.1. The average Bonchev–Trinajstić information content (AvgIpc) is 3.12. The standard InChI is InChI=1S/C23H21F2N3O2/c1-14-9-18(27-30-14)12-28-13-20-19(7-4-8-21(20)25)22(15(28)2)23(29)26-11-16-5-3-6-17(24)10-16/h3-10H,11-13H2,1-2H3,(H,26,29). The molecule has 2 aromatic carbocycles. The van der Waals surface area contributed by atoms with Crippen molar-refractivity contribution >= 4 is 11.5 Å². The number of hydrogen-bond acceptors (Lipinski definition) is 4. The molecule has 1 N–H and O–H groups in total. The van der Waals surface area contributed by atoms with E-state index in [1.807, 2.05) is 17.9 Å². The molecular formula is C23H21F2N3O2. The summed E-state index contributed by atoms with van der Waals surface area (Å²) >= 11 is 0. The van der Waals surface area contributed by atoms with Crippen molar-refractivity contribution in [3.63, 3.8) is 0 Å². The number of nitrogens with one attached hydrogen (secondary N) is 1. The van der Waals surface area contributed by atoms with E-state index in [-0.39, 0.29) is 24.1 Å². The van der Waals surface area contributed by atoms with Gasteiger partial charge in [-0.3, -0.25) is 4.79 Å². The van der Waals surface area contributed by atoms with Crippen molar-refractivity contribution in [2.24, 2.45) is 0 Å². The molecule has 5 nitrogen and oxygen atoms in total. The summed E-state index contributed by atoms with van der Waals surface area (Å²) in [5.74, 6) is -0.388. The van der Waals surface area contributed by atoms with Crippen LogP contribution in [0.25, 0.3) is 5.57 Å². The summed E-state index contributed by atoms with van der Waals surface area (Å²) in [4.78, 5) is 15.0. The molecule has 1 aromatic heterocycles. The maximum absolute atomic E-state index is 14.6. The second-order valence-corrected chi connectivity index (χ2v) is 7.32. The maximum atomic E-state index is 14.6. The topological polar surface area (TPSA) is 58.4 Å². The van der Waals surface area contributed by atoms with Gasteiger partial charge in [-0.15, -0.1) is 0 Å². The summed E-state index contributed by atoms with van der Waals surface area (Å²) in [6, 6.07) is 12.6. The number of fused-ring (bicyclic) bond motifs is 1. The lowest BCUT2D eigenvalue weighted by Crippen LogP contribution is -2.33. The van der Waals surface area contributed by atoms with E-state index < -0.39 is 0 Å². The Hall–Kier alpha value is -3.48. The van der Waals surface area contributed by atoms with Gasteiger partial charge in [0.2, 0.25) is 0 Å². The van der Waals surface area contributed by atoms with E-state index in [4.69, 9.17) is 4.52 Å². The number of carbonyl (C=O) groups excluding carboxylic acids is 1. The fourth-order valence-electron chi connectivity index (χ4n) is 3.68. The van der Waals surface area contributed by atoms with E-state index in [1.165, 1.54) is 18.2 Å². The third-order valence-corrected chi connectivity index (χ3v) is 5.17. The van der Waals surface area contributed by atoms with Gasteiger partial charge in [-0.25, -0.2) is 8.78 Å². The van der Waals surface area contributed by atoms with Gasteiger partial charge in [-0.2, -0.15) is 0 Å². The minimum atomic E-state index is -0.365. The summed E-state index contributed by atoms with van der Waals surface area (Å²) in [5.41, 5.74) is 3.48. The Bertz CT molecular complexity index is 1140. The fraction of sp³-hybridized carbons (Fsp3) is 0.217. The summed E-state index contributed by atoms with van der Waals surface area (Å²) in [5, 5.41) is 6.84. The second kappa shape index (κ2) is 8.10. The van der Waals surface area contributed by atoms with Crippen LogP contribution in [-0.2, 0) is 24.4 Å². The molecule has 1 aliphatic rings. The lowest BCUT2D eigenvalue weighted by Gasteiger charge is -2.33. The van der Waals surface area contributed by atoms with Crippen molar-refractivity contribution in [2.75, 3.05) is 0 Å². The van der Waals surface area contributed by atoms with E-state index in [1.54, 1.807) is 31.2 Å². The van der Waals surface area contributed by atoms with Crippen LogP contribution in [0.1, 0.15) is 35.1 Å². The summed E-state index contributed by atoms with van der Waals surface area (Å²) in [6.07, 6.45) is 0. The number of carbonyl (C=O) groups is 1. The monoisotopic (exact) mass is 409 g/mol. The highest BCUT2D eigenvalue weighted by molar-refractivity contribution is 6.21. The Balaban J connectivity index is 1.65. The van der Waals surface area contributed by atoms with Crippen molar-refractivity contribution in [3.8, 4) is 0 Å². The van der Waals surface area contributed by atoms with Crippen molar-refractivity contribution < 1.29 is 18.1 Å². The number of halogens is 2. The van der Waals surface area contributed by atoms with Gasteiger partial charge >= 0.3 is 0 Å². The lowest BCUT2D eigenvalue weighted by molar-refractivity contribution is -0.115. The van der Waals surface area contributed by atoms with Crippen molar-refractivity contribution in [3.05, 3.63) is 94.0 Å². The second-order valence-electron chi connectivity index (χ2n) is 7.32. The molecule has 1 amide bonds. The Morgan fingerprint density at radius 1 is 1.17 bits per heavy atom. The van der Waals surface area contributed by atoms with Gasteiger partial charge < -0.3 is 14.7 Å². The molecule has 0 aliphatic carbocycles. The molecule has 30 heavy (non-hydrogen) atoms. The van der Waals surface area contributed by atoms with Gasteiger partial charge in [0, 0.05) is 30.4 Å². The first-order chi connectivity index (χ1) is 14.4. The molecule has 3 aromatic rings. The van der Waals surface area contributed by atoms with Gasteiger partial charge in [-0.1, -0.05) is 29.4 Å². The van der Waals surface area contributed by atoms with E-state index in [0.717, 1.165) is 0 Å². The minimum absolute atomic E-state index is 0.167. The Morgan fingerprint density at radius 3 is 2.70 bits per heavy atom. The molecule has 0 unspecified atom stereocenters. The molecule has 4 rings (SSSR count). The van der Waals surface area contributed by atoms with Gasteiger partial charge in [0.05, 0.1) is 12.1 Å². The third kappa shape index (κ3) is 3.96. The first-order valence-electron chi connectivity index (χ1n) is 9.61. The average molecular weight is 409 g/mol. The highest BCUT2D eigenvalue weighted by Gasteiger charge is 2.29. The van der Waals surface area contributed by atoms with Crippen LogP contribution in [0.4, 0.5) is 8.78 Å². The fourth-order valence-corrected chi connectivity index (χ4v) is 3.68. The number of allylic oxidation sites excluding steroid dienone is 1. The molecule has 0 radical (unpaired) electrons. The van der Waals surface area contributed by atoms with Crippen LogP contribution >= 0.6 is 0 Å². The SMILES string of the molecule is CC1=C(C(=O)NCc2cccc(F)c2)c2cccc(F)c2CN1Cc1cc(C)on1. The van der Waals surface area contributed by atoms with Crippen molar-refractivity contribution in [2.45, 2.75) is 33.5 Å². The van der Waals surface area contributed by atoms with Crippen LogP contribution in [0.5, 0.6) is 0 Å². The van der Waals surface area contributed by atoms with Gasteiger partial charge in [-0.05, 0) is 43.2 Å². The van der Waals surface area contributed by atoms with E-state index in [9.17, 15) is 13.6 Å². The first-order valence-corrected chi connectivity index (χ1v) is 9.61. The number of amides is 1. The lowest BCUT2D eigenvalue weighted by atomic mass is 9.92. The number of rotatable bonds is 5. The quantitative estimate of drug-likeness (QED) is 0.682. The predicted molar refractivity (Wildman–Crippen MR) is 108 cm³/mol. The van der Waals surface area contributed by atoms with Gasteiger partial charge in [0.15, 0.2) is 0 Å². The number of aromatic nitrogens is 1. The zero-order chi connectivity index (χ0) is 21.3. The molecular weight excluding hydrogens is 388 g/mol. The number of aryl methyl sites for hydroxylation is 1. The van der Waals surface area contributed by atoms with E-state index in [2.05, 4.69) is 10.5 Å². The molecule has 0 fully saturated rings. The van der Waals surface area contributed by atoms with Crippen LogP contribution in [-0.4, -0.2) is 16.0 Å². The Labute approximate surface area is 173 Å². The van der Waals surface area contributed by atoms with Crippen molar-refractivity contribution in [1.29, 1.82) is 0 Å². The molecule has 0 saturated carbocycles. The Kier molecular flexibility index (Phi) is 5.35. The smallest absolute Gasteiger partial charge is 0.253 e. The maximum Gasteiger partial charge on any atom is 0.253 e. The molecule has 0 saturated heterocycles. The highest BCUT2D eigenvalue weighted by Crippen LogP contribution is 2.34. The summed E-state index contributed by atoms with van der Waals surface area (Å²) < 4.78 is 33.1. The molecule has 0 spiro atoms. The zero-order valence-corrected chi connectivity index (χ0v) is 16.7. The number of nitrogens with zero attached hydrogens (tertiary/aromatic N) is 2. The Morgan fingerprint density at radius 2 is 1.97 bits per heavy atom. The van der Waals surface area contributed by atoms with Gasteiger partial charge in [0.1, 0.15) is 23.1 Å². The van der Waals surface area contributed by atoms with Crippen molar-refractivity contribution in [1.82, 2.24) is 15.4 Å². The van der Waals surface area contributed by atoms with Gasteiger partial charge in [0.25, 0.3) is 5.91 Å². The first kappa shape index (κ1) is 19.8. The molecule has 0 bridgehead atoms. The largest absolute Gasteiger partial charge is 0.364 e. The van der Waals surface area contributed by atoms with Crippen LogP contribution in [0, 0.1) is 18.6 Å². The third-order valence-electron chi connectivity index (χ3n) is 5.17. The molecule has 1 aliphatic heterocycles. The van der Waals surface area contributed by atoms with Crippen LogP contribution in [0.15, 0.2) is 58.8 Å². The normalized spacial score (nSPS) is 13.4. The van der Waals surface area contributed by atoms with Crippen LogP contribution < -0.4 is 5.32 Å².